The average Bonchev–Trinajstić information content (AvgIpc) is 2.10. The van der Waals surface area contributed by atoms with Crippen molar-refractivity contribution < 1.29 is 0 Å². The van der Waals surface area contributed by atoms with Gasteiger partial charge in [0, 0.05) is 5.75 Å². The standard InChI is InChI=1S/C9H14S3/c1-3-5-6-7-9-11-12-10-8-4-2/h3-4,7,9H,1-2,5-6,8H2. The van der Waals surface area contributed by atoms with Crippen molar-refractivity contribution in [1.29, 1.82) is 0 Å². The molecule has 0 aliphatic carbocycles. The van der Waals surface area contributed by atoms with Gasteiger partial charge in [0.2, 0.25) is 0 Å². The van der Waals surface area contributed by atoms with E-state index < -0.39 is 0 Å². The van der Waals surface area contributed by atoms with Gasteiger partial charge in [-0.2, -0.15) is 0 Å². The van der Waals surface area contributed by atoms with E-state index in [-0.39, 0.29) is 0 Å². The highest BCUT2D eigenvalue weighted by Gasteiger charge is 1.83. The number of hydrogen-bond acceptors (Lipinski definition) is 3. The maximum absolute atomic E-state index is 3.66. The topological polar surface area (TPSA) is 0 Å². The Bertz CT molecular complexity index is 141. The molecular weight excluding hydrogens is 204 g/mol. The van der Waals surface area contributed by atoms with Gasteiger partial charge in [-0.25, -0.2) is 0 Å². The van der Waals surface area contributed by atoms with Gasteiger partial charge in [-0.05, 0) is 28.1 Å². The molecule has 0 aliphatic heterocycles. The molecule has 0 nitrogen and oxygen atoms in total. The summed E-state index contributed by atoms with van der Waals surface area (Å²) in [5.41, 5.74) is 0. The summed E-state index contributed by atoms with van der Waals surface area (Å²) in [4.78, 5) is 0. The van der Waals surface area contributed by atoms with Crippen molar-refractivity contribution >= 4 is 31.4 Å². The summed E-state index contributed by atoms with van der Waals surface area (Å²) in [6, 6.07) is 0. The van der Waals surface area contributed by atoms with Crippen molar-refractivity contribution in [3.8, 4) is 0 Å². The van der Waals surface area contributed by atoms with Crippen LogP contribution in [-0.2, 0) is 0 Å². The van der Waals surface area contributed by atoms with Crippen LogP contribution in [0.1, 0.15) is 12.8 Å². The van der Waals surface area contributed by atoms with Gasteiger partial charge >= 0.3 is 0 Å². The van der Waals surface area contributed by atoms with E-state index in [1.54, 1.807) is 20.6 Å². The smallest absolute Gasteiger partial charge is 0.0223 e. The minimum absolute atomic E-state index is 1.01. The van der Waals surface area contributed by atoms with Crippen LogP contribution < -0.4 is 0 Å². The van der Waals surface area contributed by atoms with Crippen molar-refractivity contribution in [3.63, 3.8) is 0 Å². The molecule has 0 unspecified atom stereocenters. The van der Waals surface area contributed by atoms with E-state index in [1.807, 2.05) is 22.9 Å². The number of unbranched alkanes of at least 4 members (excludes halogenated alkanes) is 1. The highest BCUT2D eigenvalue weighted by molar-refractivity contribution is 9.10. The number of rotatable bonds is 8. The molecule has 0 radical (unpaired) electrons. The summed E-state index contributed by atoms with van der Waals surface area (Å²) >= 11 is 0. The van der Waals surface area contributed by atoms with E-state index in [0.717, 1.165) is 18.6 Å². The normalized spacial score (nSPS) is 10.3. The second-order valence-corrected chi connectivity index (χ2v) is 6.06. The third kappa shape index (κ3) is 10.3. The fraction of sp³-hybridized carbons (Fsp3) is 0.333. The third-order valence-electron chi connectivity index (χ3n) is 0.963. The quantitative estimate of drug-likeness (QED) is 0.330. The molecule has 0 aromatic carbocycles. The molecule has 0 saturated carbocycles. The lowest BCUT2D eigenvalue weighted by Gasteiger charge is -1.90. The highest BCUT2D eigenvalue weighted by Crippen LogP contribution is 2.35. The molecule has 0 bridgehead atoms. The molecule has 0 rings (SSSR count). The predicted molar refractivity (Wildman–Crippen MR) is 66.4 cm³/mol. The molecule has 0 N–H and O–H groups in total. The summed E-state index contributed by atoms with van der Waals surface area (Å²) in [6.07, 6.45) is 8.20. The lowest BCUT2D eigenvalue weighted by atomic mass is 10.3. The van der Waals surface area contributed by atoms with Gasteiger partial charge < -0.3 is 0 Å². The lowest BCUT2D eigenvalue weighted by Crippen LogP contribution is -1.60. The minimum atomic E-state index is 1.01. The van der Waals surface area contributed by atoms with Gasteiger partial charge in [-0.1, -0.05) is 39.8 Å². The largest absolute Gasteiger partial charge is 0.103 e. The summed E-state index contributed by atoms with van der Waals surface area (Å²) in [6.45, 7) is 7.30. The van der Waals surface area contributed by atoms with Crippen LogP contribution in [0.4, 0.5) is 0 Å². The van der Waals surface area contributed by atoms with Gasteiger partial charge in [-0.3, -0.25) is 0 Å². The van der Waals surface area contributed by atoms with Gasteiger partial charge in [0.15, 0.2) is 0 Å². The lowest BCUT2D eigenvalue weighted by molar-refractivity contribution is 1.06. The first-order valence-electron chi connectivity index (χ1n) is 3.73. The van der Waals surface area contributed by atoms with Crippen LogP contribution in [0.25, 0.3) is 0 Å². The van der Waals surface area contributed by atoms with Crippen LogP contribution in [0.3, 0.4) is 0 Å². The molecule has 0 aromatic heterocycles. The fourth-order valence-electron chi connectivity index (χ4n) is 0.448. The first-order chi connectivity index (χ1) is 5.91. The SMILES string of the molecule is C=CCCC=CSSSCC=C. The zero-order valence-corrected chi connectivity index (χ0v) is 9.52. The summed E-state index contributed by atoms with van der Waals surface area (Å²) in [5, 5.41) is 2.13. The highest BCUT2D eigenvalue weighted by atomic mass is 33.5. The van der Waals surface area contributed by atoms with Crippen LogP contribution >= 0.6 is 31.4 Å². The van der Waals surface area contributed by atoms with Crippen molar-refractivity contribution in [2.45, 2.75) is 12.8 Å². The van der Waals surface area contributed by atoms with Gasteiger partial charge in [0.05, 0.1) is 0 Å². The first-order valence-corrected chi connectivity index (χ1v) is 7.45. The number of allylic oxidation sites excluding steroid dienone is 2. The minimum Gasteiger partial charge on any atom is -0.103 e. The Hall–Kier alpha value is 0.270. The summed E-state index contributed by atoms with van der Waals surface area (Å²) in [7, 11) is 5.35. The molecule has 3 heteroatoms. The maximum atomic E-state index is 3.66. The van der Waals surface area contributed by atoms with E-state index in [0.29, 0.717) is 0 Å². The van der Waals surface area contributed by atoms with E-state index in [4.69, 9.17) is 0 Å². The molecule has 12 heavy (non-hydrogen) atoms. The van der Waals surface area contributed by atoms with Crippen molar-refractivity contribution in [2.75, 3.05) is 5.75 Å². The Kier molecular flexibility index (Phi) is 11.5. The van der Waals surface area contributed by atoms with E-state index in [2.05, 4.69) is 24.6 Å². The van der Waals surface area contributed by atoms with Gasteiger partial charge in [0.25, 0.3) is 0 Å². The molecule has 0 aliphatic rings. The van der Waals surface area contributed by atoms with E-state index in [9.17, 15) is 0 Å². The second kappa shape index (κ2) is 11.3. The van der Waals surface area contributed by atoms with E-state index >= 15 is 0 Å². The Morgan fingerprint density at radius 1 is 1.08 bits per heavy atom. The van der Waals surface area contributed by atoms with Gasteiger partial charge in [0.1, 0.15) is 0 Å². The summed E-state index contributed by atoms with van der Waals surface area (Å²) < 4.78 is 0. The van der Waals surface area contributed by atoms with E-state index in [1.165, 1.54) is 0 Å². The Morgan fingerprint density at radius 2 is 1.92 bits per heavy atom. The molecule has 0 spiro atoms. The van der Waals surface area contributed by atoms with Crippen molar-refractivity contribution in [3.05, 3.63) is 36.8 Å². The Balaban J connectivity index is 3.01. The molecule has 0 amide bonds. The molecule has 0 aromatic rings. The predicted octanol–water partition coefficient (Wildman–Crippen LogP) is 4.68. The van der Waals surface area contributed by atoms with Crippen LogP contribution in [-0.4, -0.2) is 5.75 Å². The van der Waals surface area contributed by atoms with Crippen LogP contribution in [0, 0.1) is 0 Å². The Labute approximate surface area is 86.8 Å². The van der Waals surface area contributed by atoms with Gasteiger partial charge in [-0.15, -0.1) is 13.2 Å². The average molecular weight is 218 g/mol. The second-order valence-electron chi connectivity index (χ2n) is 1.98. The van der Waals surface area contributed by atoms with Crippen LogP contribution in [0.5, 0.6) is 0 Å². The maximum Gasteiger partial charge on any atom is 0.0223 e. The van der Waals surface area contributed by atoms with Crippen molar-refractivity contribution in [1.82, 2.24) is 0 Å². The molecular formula is C9H14S3. The summed E-state index contributed by atoms with van der Waals surface area (Å²) in [5.74, 6) is 1.01. The zero-order valence-electron chi connectivity index (χ0n) is 7.07. The van der Waals surface area contributed by atoms with Crippen LogP contribution in [0.2, 0.25) is 0 Å². The monoisotopic (exact) mass is 218 g/mol. The zero-order chi connectivity index (χ0) is 9.07. The fourth-order valence-corrected chi connectivity index (χ4v) is 3.32. The van der Waals surface area contributed by atoms with Crippen LogP contribution in [0.15, 0.2) is 36.8 Å². The molecule has 68 valence electrons. The molecule has 0 atom stereocenters. The number of hydrogen-bond donors (Lipinski definition) is 0. The Morgan fingerprint density at radius 3 is 2.58 bits per heavy atom. The first kappa shape index (κ1) is 12.3. The molecule has 0 saturated heterocycles. The molecule has 0 heterocycles. The molecule has 0 fully saturated rings. The van der Waals surface area contributed by atoms with Crippen molar-refractivity contribution in [2.24, 2.45) is 0 Å². The third-order valence-corrected chi connectivity index (χ3v) is 4.65.